The van der Waals surface area contributed by atoms with Crippen molar-refractivity contribution in [2.45, 2.75) is 13.2 Å². The van der Waals surface area contributed by atoms with Crippen LogP contribution in [0.1, 0.15) is 10.4 Å². The predicted octanol–water partition coefficient (Wildman–Crippen LogP) is 3.56. The summed E-state index contributed by atoms with van der Waals surface area (Å²) in [6.45, 7) is 0.949. The molecule has 96 valence electrons. The minimum Gasteiger partial charge on any atom is -0.493 e. The van der Waals surface area contributed by atoms with Crippen molar-refractivity contribution in [3.8, 4) is 11.5 Å². The molecule has 2 N–H and O–H groups in total. The summed E-state index contributed by atoms with van der Waals surface area (Å²) in [5, 5.41) is 2.03. The second-order valence-corrected chi connectivity index (χ2v) is 5.58. The quantitative estimate of drug-likeness (QED) is 0.913. The molecule has 0 amide bonds. The van der Waals surface area contributed by atoms with Gasteiger partial charge in [-0.05, 0) is 28.1 Å². The van der Waals surface area contributed by atoms with Gasteiger partial charge in [-0.2, -0.15) is 0 Å². The zero-order chi connectivity index (χ0) is 13.0. The number of methoxy groups -OCH3 is 1. The molecule has 0 bridgehead atoms. The normalized spacial score (nSPS) is 10.4. The topological polar surface area (TPSA) is 44.5 Å². The lowest BCUT2D eigenvalue weighted by molar-refractivity contribution is 0.284. The minimum atomic E-state index is 0.431. The molecular weight excluding hydrogens is 314 g/mol. The van der Waals surface area contributed by atoms with Gasteiger partial charge in [0.15, 0.2) is 11.5 Å². The second kappa shape index (κ2) is 6.22. The molecule has 2 rings (SSSR count). The Morgan fingerprint density at radius 1 is 1.39 bits per heavy atom. The van der Waals surface area contributed by atoms with Crippen LogP contribution in [0.15, 0.2) is 34.1 Å². The molecule has 0 radical (unpaired) electrons. The van der Waals surface area contributed by atoms with Crippen LogP contribution < -0.4 is 15.2 Å². The SMILES string of the molecule is COc1cccc(CN)c1OCc1cc(Br)cs1. The summed E-state index contributed by atoms with van der Waals surface area (Å²) in [6, 6.07) is 7.78. The molecule has 0 saturated heterocycles. The standard InChI is InChI=1S/C13H14BrNO2S/c1-16-12-4-2-3-9(6-15)13(12)17-7-11-5-10(14)8-18-11/h2-5,8H,6-7,15H2,1H3. The Balaban J connectivity index is 2.17. The van der Waals surface area contributed by atoms with Crippen LogP contribution in [0, 0.1) is 0 Å². The lowest BCUT2D eigenvalue weighted by atomic mass is 10.2. The molecule has 1 aromatic carbocycles. The number of rotatable bonds is 5. The van der Waals surface area contributed by atoms with Crippen LogP contribution in [0.2, 0.25) is 0 Å². The van der Waals surface area contributed by atoms with E-state index in [0.717, 1.165) is 20.7 Å². The molecule has 0 saturated carbocycles. The van der Waals surface area contributed by atoms with Gasteiger partial charge in [-0.25, -0.2) is 0 Å². The first-order chi connectivity index (χ1) is 8.74. The lowest BCUT2D eigenvalue weighted by Gasteiger charge is -2.13. The largest absolute Gasteiger partial charge is 0.493 e. The Bertz CT molecular complexity index is 505. The van der Waals surface area contributed by atoms with E-state index in [-0.39, 0.29) is 0 Å². The van der Waals surface area contributed by atoms with Gasteiger partial charge < -0.3 is 15.2 Å². The highest BCUT2D eigenvalue weighted by atomic mass is 79.9. The van der Waals surface area contributed by atoms with Crippen LogP contribution in [0.4, 0.5) is 0 Å². The molecule has 0 aliphatic rings. The van der Waals surface area contributed by atoms with E-state index >= 15 is 0 Å². The number of hydrogen-bond acceptors (Lipinski definition) is 4. The van der Waals surface area contributed by atoms with Crippen LogP contribution in [-0.2, 0) is 13.2 Å². The van der Waals surface area contributed by atoms with E-state index in [4.69, 9.17) is 15.2 Å². The van der Waals surface area contributed by atoms with E-state index in [9.17, 15) is 0 Å². The van der Waals surface area contributed by atoms with Gasteiger partial charge in [0.05, 0.1) is 7.11 Å². The number of halogens is 1. The third-order valence-corrected chi connectivity index (χ3v) is 4.15. The first kappa shape index (κ1) is 13.4. The van der Waals surface area contributed by atoms with Crippen molar-refractivity contribution < 1.29 is 9.47 Å². The monoisotopic (exact) mass is 327 g/mol. The Hall–Kier alpha value is -1.04. The summed E-state index contributed by atoms with van der Waals surface area (Å²) < 4.78 is 12.2. The Morgan fingerprint density at radius 3 is 2.83 bits per heavy atom. The third kappa shape index (κ3) is 3.04. The average molecular weight is 328 g/mol. The fourth-order valence-electron chi connectivity index (χ4n) is 1.62. The average Bonchev–Trinajstić information content (AvgIpc) is 2.81. The summed E-state index contributed by atoms with van der Waals surface area (Å²) in [5.74, 6) is 1.44. The highest BCUT2D eigenvalue weighted by Gasteiger charge is 2.10. The van der Waals surface area contributed by atoms with Gasteiger partial charge in [-0.15, -0.1) is 11.3 Å². The van der Waals surface area contributed by atoms with Crippen molar-refractivity contribution in [2.24, 2.45) is 5.73 Å². The zero-order valence-electron chi connectivity index (χ0n) is 9.98. The lowest BCUT2D eigenvalue weighted by Crippen LogP contribution is -2.03. The number of ether oxygens (including phenoxy) is 2. The van der Waals surface area contributed by atoms with E-state index in [1.807, 2.05) is 29.6 Å². The smallest absolute Gasteiger partial charge is 0.166 e. The van der Waals surface area contributed by atoms with Crippen molar-refractivity contribution >= 4 is 27.3 Å². The van der Waals surface area contributed by atoms with Crippen LogP contribution in [0.25, 0.3) is 0 Å². The highest BCUT2D eigenvalue weighted by Crippen LogP contribution is 2.32. The van der Waals surface area contributed by atoms with Gasteiger partial charge in [-0.1, -0.05) is 12.1 Å². The third-order valence-electron chi connectivity index (χ3n) is 2.48. The molecule has 0 unspecified atom stereocenters. The summed E-state index contributed by atoms with van der Waals surface area (Å²) in [6.07, 6.45) is 0. The number of hydrogen-bond donors (Lipinski definition) is 1. The summed E-state index contributed by atoms with van der Waals surface area (Å²) in [4.78, 5) is 1.15. The summed E-state index contributed by atoms with van der Waals surface area (Å²) in [7, 11) is 1.63. The molecule has 0 fully saturated rings. The van der Waals surface area contributed by atoms with Gasteiger partial charge in [0.25, 0.3) is 0 Å². The molecule has 0 spiro atoms. The molecule has 1 heterocycles. The molecule has 18 heavy (non-hydrogen) atoms. The first-order valence-electron chi connectivity index (χ1n) is 5.46. The fourth-order valence-corrected chi connectivity index (χ4v) is 2.98. The van der Waals surface area contributed by atoms with Crippen LogP contribution >= 0.6 is 27.3 Å². The van der Waals surface area contributed by atoms with Gasteiger partial charge in [0.2, 0.25) is 0 Å². The summed E-state index contributed by atoms with van der Waals surface area (Å²) in [5.41, 5.74) is 6.66. The van der Waals surface area contributed by atoms with Crippen molar-refractivity contribution in [1.82, 2.24) is 0 Å². The number of para-hydroxylation sites is 1. The van der Waals surface area contributed by atoms with Crippen LogP contribution in [-0.4, -0.2) is 7.11 Å². The maximum Gasteiger partial charge on any atom is 0.166 e. The molecule has 0 atom stereocenters. The van der Waals surface area contributed by atoms with Crippen molar-refractivity contribution in [1.29, 1.82) is 0 Å². The van der Waals surface area contributed by atoms with Crippen molar-refractivity contribution in [3.63, 3.8) is 0 Å². The van der Waals surface area contributed by atoms with Gasteiger partial charge in [0, 0.05) is 26.8 Å². The molecule has 1 aromatic heterocycles. The van der Waals surface area contributed by atoms with Crippen molar-refractivity contribution in [2.75, 3.05) is 7.11 Å². The van der Waals surface area contributed by atoms with E-state index in [1.165, 1.54) is 0 Å². The molecule has 0 aliphatic carbocycles. The summed E-state index contributed by atoms with van der Waals surface area (Å²) >= 11 is 5.08. The number of thiophene rings is 1. The van der Waals surface area contributed by atoms with E-state index in [1.54, 1.807) is 18.4 Å². The maximum atomic E-state index is 5.83. The highest BCUT2D eigenvalue weighted by molar-refractivity contribution is 9.10. The molecule has 5 heteroatoms. The van der Waals surface area contributed by atoms with E-state index < -0.39 is 0 Å². The van der Waals surface area contributed by atoms with Crippen LogP contribution in [0.3, 0.4) is 0 Å². The Morgan fingerprint density at radius 2 is 2.22 bits per heavy atom. The molecule has 3 nitrogen and oxygen atoms in total. The Kier molecular flexibility index (Phi) is 4.63. The molecule has 2 aromatic rings. The predicted molar refractivity (Wildman–Crippen MR) is 77.2 cm³/mol. The first-order valence-corrected chi connectivity index (χ1v) is 7.13. The Labute approximate surface area is 119 Å². The zero-order valence-corrected chi connectivity index (χ0v) is 12.4. The number of nitrogens with two attached hydrogens (primary N) is 1. The van der Waals surface area contributed by atoms with E-state index in [0.29, 0.717) is 18.9 Å². The van der Waals surface area contributed by atoms with Gasteiger partial charge in [0.1, 0.15) is 6.61 Å². The molecular formula is C13H14BrNO2S. The second-order valence-electron chi connectivity index (χ2n) is 3.67. The van der Waals surface area contributed by atoms with Crippen molar-refractivity contribution in [3.05, 3.63) is 44.6 Å². The maximum absolute atomic E-state index is 5.83. The van der Waals surface area contributed by atoms with Crippen LogP contribution in [0.5, 0.6) is 11.5 Å². The van der Waals surface area contributed by atoms with Gasteiger partial charge in [-0.3, -0.25) is 0 Å². The fraction of sp³-hybridized carbons (Fsp3) is 0.231. The minimum absolute atomic E-state index is 0.431. The molecule has 0 aliphatic heterocycles. The van der Waals surface area contributed by atoms with E-state index in [2.05, 4.69) is 15.9 Å². The number of benzene rings is 1. The van der Waals surface area contributed by atoms with Gasteiger partial charge >= 0.3 is 0 Å².